The molecule has 15 heteroatoms. The summed E-state index contributed by atoms with van der Waals surface area (Å²) >= 11 is 0. The van der Waals surface area contributed by atoms with Crippen LogP contribution in [-0.4, -0.2) is 22.2 Å². The van der Waals surface area contributed by atoms with Gasteiger partial charge in [-0.2, -0.15) is 0 Å². The second-order valence-electron chi connectivity index (χ2n) is 11.6. The van der Waals surface area contributed by atoms with E-state index in [0.717, 1.165) is 18.2 Å². The number of nitrogens with zero attached hydrogens (tertiary/aromatic N) is 3. The third-order valence-electron chi connectivity index (χ3n) is 8.28. The molecule has 0 atom stereocenters. The van der Waals surface area contributed by atoms with E-state index in [2.05, 4.69) is 20.3 Å². The lowest BCUT2D eigenvalue weighted by Crippen LogP contribution is -2.19. The van der Waals surface area contributed by atoms with Gasteiger partial charge in [0.2, 0.25) is 11.6 Å². The summed E-state index contributed by atoms with van der Waals surface area (Å²) in [5.74, 6) is -23.3. The lowest BCUT2D eigenvalue weighted by Gasteiger charge is -2.19. The Morgan fingerprint density at radius 1 is 0.531 bits per heavy atom. The summed E-state index contributed by atoms with van der Waals surface area (Å²) in [7, 11) is 0. The molecule has 0 amide bonds. The van der Waals surface area contributed by atoms with Gasteiger partial charge in [-0.3, -0.25) is 0 Å². The number of hydrogen-bond acceptors (Lipinski definition) is 5. The lowest BCUT2D eigenvalue weighted by molar-refractivity contribution is 0.301. The van der Waals surface area contributed by atoms with Crippen molar-refractivity contribution in [3.63, 3.8) is 0 Å². The van der Waals surface area contributed by atoms with Gasteiger partial charge in [0, 0.05) is 16.8 Å². The summed E-state index contributed by atoms with van der Waals surface area (Å²) in [4.78, 5) is 12.7. The number of fused-ring (bicyclic) bond motifs is 5. The monoisotopic (exact) mass is 686 g/mol. The first kappa shape index (κ1) is 31.8. The van der Waals surface area contributed by atoms with E-state index in [0.29, 0.717) is 5.70 Å². The van der Waals surface area contributed by atoms with Crippen molar-refractivity contribution in [2.75, 3.05) is 0 Å². The maximum atomic E-state index is 15.3. The first-order valence-corrected chi connectivity index (χ1v) is 14.1. The SMILES string of the molecule is CC1(C)C2=CC3=NC(=C(c4c(F)c(F)c(F)c(F)c4F)C4=NC(=C(c5c(F)c(F)c(F)c(F)c5F)C5=NC(=CC(=C1O)N2)C=C5)C=C4)C=C3. The maximum absolute atomic E-state index is 15.3. The molecular formula is C34H16F10N4O. The average Bonchev–Trinajstić information content (AvgIpc) is 3.88. The predicted molar refractivity (Wildman–Crippen MR) is 159 cm³/mol. The molecule has 0 radical (unpaired) electrons. The minimum absolute atomic E-state index is 0.0451. The number of hydrogen-bond donors (Lipinski definition) is 2. The number of aliphatic imine (C=N–C) groups is 3. The fourth-order valence-corrected chi connectivity index (χ4v) is 5.70. The Morgan fingerprint density at radius 3 is 1.53 bits per heavy atom. The highest BCUT2D eigenvalue weighted by Gasteiger charge is 2.39. The summed E-state index contributed by atoms with van der Waals surface area (Å²) in [5.41, 5.74) is -6.86. The average molecular weight is 687 g/mol. The molecule has 0 spiro atoms. The zero-order chi connectivity index (χ0) is 35.3. The van der Waals surface area contributed by atoms with Crippen molar-refractivity contribution < 1.29 is 49.0 Å². The minimum atomic E-state index is -2.45. The zero-order valence-corrected chi connectivity index (χ0v) is 24.7. The maximum Gasteiger partial charge on any atom is 0.200 e. The molecule has 2 N–H and O–H groups in total. The molecule has 248 valence electrons. The molecule has 0 unspecified atom stereocenters. The molecule has 2 aromatic rings. The van der Waals surface area contributed by atoms with Crippen molar-refractivity contribution in [3.8, 4) is 0 Å². The number of aliphatic hydroxyl groups is 1. The van der Waals surface area contributed by atoms with Crippen LogP contribution in [0.25, 0.3) is 11.1 Å². The van der Waals surface area contributed by atoms with Crippen molar-refractivity contribution in [2.45, 2.75) is 13.8 Å². The van der Waals surface area contributed by atoms with Crippen molar-refractivity contribution in [1.29, 1.82) is 0 Å². The van der Waals surface area contributed by atoms with Gasteiger partial charge < -0.3 is 10.4 Å². The Morgan fingerprint density at radius 2 is 0.980 bits per heavy atom. The van der Waals surface area contributed by atoms with E-state index < -0.39 is 103 Å². The number of allylic oxidation sites excluding steroid dienone is 10. The van der Waals surface area contributed by atoms with E-state index in [-0.39, 0.29) is 28.6 Å². The standard InChI is InChI=1S/C34H16F10N4O/c1-34(2)18-10-12-4-6-14(46-12)20(22-25(37)29(41)32(44)30(42)26(22)38)16-8-7-15(47-16)19(21-23(35)27(39)31(43)28(40)24(21)36)13-5-3-11(45-13)9-17(48-18)33(34)49/h3-10,48-49H,1-2H3. The number of benzene rings is 2. The van der Waals surface area contributed by atoms with Gasteiger partial charge in [0.1, 0.15) is 5.76 Å². The zero-order valence-electron chi connectivity index (χ0n) is 24.7. The van der Waals surface area contributed by atoms with E-state index in [1.54, 1.807) is 13.8 Å². The predicted octanol–water partition coefficient (Wildman–Crippen LogP) is 8.41. The van der Waals surface area contributed by atoms with Crippen molar-refractivity contribution in [3.05, 3.63) is 152 Å². The molecule has 5 aliphatic heterocycles. The Hall–Kier alpha value is -5.73. The van der Waals surface area contributed by atoms with Crippen LogP contribution in [0.1, 0.15) is 25.0 Å². The molecule has 0 saturated heterocycles. The topological polar surface area (TPSA) is 69.3 Å². The van der Waals surface area contributed by atoms with Crippen molar-refractivity contribution >= 4 is 28.3 Å². The molecule has 8 bridgehead atoms. The van der Waals surface area contributed by atoms with Crippen LogP contribution in [0.2, 0.25) is 0 Å². The smallest absolute Gasteiger partial charge is 0.200 e. The van der Waals surface area contributed by atoms with Crippen LogP contribution in [0.5, 0.6) is 0 Å². The molecule has 0 aromatic heterocycles. The van der Waals surface area contributed by atoms with Crippen LogP contribution < -0.4 is 5.32 Å². The highest BCUT2D eigenvalue weighted by atomic mass is 19.2. The van der Waals surface area contributed by atoms with Crippen LogP contribution in [0.3, 0.4) is 0 Å². The summed E-state index contributed by atoms with van der Waals surface area (Å²) < 4.78 is 148. The van der Waals surface area contributed by atoms with Crippen LogP contribution >= 0.6 is 0 Å². The summed E-state index contributed by atoms with van der Waals surface area (Å²) in [6.07, 6.45) is 9.73. The summed E-state index contributed by atoms with van der Waals surface area (Å²) in [6.45, 7) is 3.25. The largest absolute Gasteiger partial charge is 0.509 e. The Labute approximate surface area is 269 Å². The van der Waals surface area contributed by atoms with Gasteiger partial charge in [-0.25, -0.2) is 58.9 Å². The van der Waals surface area contributed by atoms with E-state index in [4.69, 9.17) is 0 Å². The van der Waals surface area contributed by atoms with Gasteiger partial charge in [0.05, 0.1) is 56.5 Å². The first-order valence-electron chi connectivity index (χ1n) is 14.1. The number of rotatable bonds is 2. The highest BCUT2D eigenvalue weighted by Crippen LogP contribution is 2.42. The van der Waals surface area contributed by atoms with Crippen LogP contribution in [0.4, 0.5) is 43.9 Å². The van der Waals surface area contributed by atoms with Crippen LogP contribution in [-0.2, 0) is 0 Å². The third kappa shape index (κ3) is 4.66. The molecule has 5 heterocycles. The van der Waals surface area contributed by atoms with E-state index in [9.17, 15) is 31.4 Å². The van der Waals surface area contributed by atoms with Gasteiger partial charge in [-0.15, -0.1) is 0 Å². The number of aliphatic hydroxyl groups excluding tert-OH is 1. The van der Waals surface area contributed by atoms with E-state index in [1.807, 2.05) is 0 Å². The summed E-state index contributed by atoms with van der Waals surface area (Å²) in [5, 5.41) is 14.0. The van der Waals surface area contributed by atoms with Crippen LogP contribution in [0.15, 0.2) is 97.8 Å². The quantitative estimate of drug-likeness (QED) is 0.189. The van der Waals surface area contributed by atoms with Crippen molar-refractivity contribution in [1.82, 2.24) is 5.32 Å². The Bertz CT molecular complexity index is 2270. The number of nitrogens with one attached hydrogen (secondary N) is 1. The molecule has 49 heavy (non-hydrogen) atoms. The normalized spacial score (nSPS) is 19.1. The molecule has 0 fully saturated rings. The molecular weight excluding hydrogens is 670 g/mol. The molecule has 5 aliphatic rings. The van der Waals surface area contributed by atoms with Crippen molar-refractivity contribution in [2.24, 2.45) is 20.4 Å². The fourth-order valence-electron chi connectivity index (χ4n) is 5.70. The molecule has 0 saturated carbocycles. The third-order valence-corrected chi connectivity index (χ3v) is 8.28. The van der Waals surface area contributed by atoms with Gasteiger partial charge in [0.25, 0.3) is 0 Å². The van der Waals surface area contributed by atoms with Gasteiger partial charge in [-0.05, 0) is 62.5 Å². The fraction of sp³-hybridized carbons (Fsp3) is 0.0882. The minimum Gasteiger partial charge on any atom is -0.509 e. The van der Waals surface area contributed by atoms with Gasteiger partial charge >= 0.3 is 0 Å². The Balaban J connectivity index is 1.61. The second kappa shape index (κ2) is 10.9. The molecule has 7 rings (SSSR count). The van der Waals surface area contributed by atoms with E-state index in [1.165, 1.54) is 30.4 Å². The summed E-state index contributed by atoms with van der Waals surface area (Å²) in [6, 6.07) is 0. The molecule has 0 aliphatic carbocycles. The lowest BCUT2D eigenvalue weighted by atomic mass is 9.88. The van der Waals surface area contributed by atoms with Crippen LogP contribution in [0, 0.1) is 63.6 Å². The first-order chi connectivity index (χ1) is 23.1. The molecule has 5 nitrogen and oxygen atoms in total. The molecule has 2 aromatic carbocycles. The highest BCUT2D eigenvalue weighted by molar-refractivity contribution is 6.36. The Kier molecular flexibility index (Phi) is 7.08. The number of halogens is 10. The second-order valence-corrected chi connectivity index (χ2v) is 11.6. The van der Waals surface area contributed by atoms with Gasteiger partial charge in [-0.1, -0.05) is 0 Å². The van der Waals surface area contributed by atoms with Gasteiger partial charge in [0.15, 0.2) is 46.5 Å². The van der Waals surface area contributed by atoms with E-state index >= 15 is 17.6 Å².